The quantitative estimate of drug-likeness (QED) is 0.462. The Morgan fingerprint density at radius 3 is 2.40 bits per heavy atom. The van der Waals surface area contributed by atoms with Gasteiger partial charge in [0.05, 0.1) is 6.21 Å². The number of halogens is 1. The zero-order valence-electron chi connectivity index (χ0n) is 16.3. The molecule has 0 aliphatic rings. The van der Waals surface area contributed by atoms with Crippen molar-refractivity contribution in [1.82, 2.24) is 5.43 Å². The van der Waals surface area contributed by atoms with E-state index in [9.17, 15) is 14.0 Å². The molecule has 2 N–H and O–H groups in total. The summed E-state index contributed by atoms with van der Waals surface area (Å²) in [6.07, 6.45) is 1.52. The minimum Gasteiger partial charge on any atom is -0.484 e. The summed E-state index contributed by atoms with van der Waals surface area (Å²) in [5.74, 6) is -0.504. The summed E-state index contributed by atoms with van der Waals surface area (Å²) in [4.78, 5) is 24.0. The summed E-state index contributed by atoms with van der Waals surface area (Å²) >= 11 is 0. The number of anilines is 1. The molecule has 0 saturated heterocycles. The number of hydrogen-bond acceptors (Lipinski definition) is 4. The van der Waals surface area contributed by atoms with Crippen LogP contribution >= 0.6 is 0 Å². The van der Waals surface area contributed by atoms with Crippen LogP contribution in [0.5, 0.6) is 5.75 Å². The van der Waals surface area contributed by atoms with Gasteiger partial charge < -0.3 is 10.1 Å². The molecule has 0 bridgehead atoms. The maximum absolute atomic E-state index is 12.9. The highest BCUT2D eigenvalue weighted by atomic mass is 19.1. The van der Waals surface area contributed by atoms with Crippen LogP contribution in [0.25, 0.3) is 0 Å². The Bertz CT molecular complexity index is 1050. The number of carbonyl (C=O) groups is 2. The van der Waals surface area contributed by atoms with Crippen LogP contribution in [0.3, 0.4) is 0 Å². The summed E-state index contributed by atoms with van der Waals surface area (Å²) in [7, 11) is 0. The Kier molecular flexibility index (Phi) is 6.89. The number of nitrogens with zero attached hydrogens (tertiary/aromatic N) is 1. The van der Waals surface area contributed by atoms with Crippen molar-refractivity contribution in [3.05, 3.63) is 95.3 Å². The smallest absolute Gasteiger partial charge is 0.271 e. The number of amides is 2. The van der Waals surface area contributed by atoms with Crippen molar-refractivity contribution in [3.63, 3.8) is 0 Å². The molecule has 0 aliphatic carbocycles. The normalized spacial score (nSPS) is 10.6. The average molecular weight is 405 g/mol. The first-order valence-corrected chi connectivity index (χ1v) is 9.18. The van der Waals surface area contributed by atoms with Crippen LogP contribution in [0, 0.1) is 12.7 Å². The van der Waals surface area contributed by atoms with E-state index in [-0.39, 0.29) is 24.2 Å². The second-order valence-corrected chi connectivity index (χ2v) is 6.43. The molecule has 0 radical (unpaired) electrons. The van der Waals surface area contributed by atoms with Crippen LogP contribution in [-0.2, 0) is 4.79 Å². The lowest BCUT2D eigenvalue weighted by Crippen LogP contribution is -2.20. The lowest BCUT2D eigenvalue weighted by molar-refractivity contribution is -0.118. The first-order chi connectivity index (χ1) is 14.5. The van der Waals surface area contributed by atoms with E-state index < -0.39 is 0 Å². The molecule has 0 atom stereocenters. The van der Waals surface area contributed by atoms with E-state index >= 15 is 0 Å². The molecule has 0 aliphatic heterocycles. The van der Waals surface area contributed by atoms with Gasteiger partial charge in [-0.2, -0.15) is 5.10 Å². The third-order valence-electron chi connectivity index (χ3n) is 4.15. The highest BCUT2D eigenvalue weighted by molar-refractivity contribution is 5.96. The van der Waals surface area contributed by atoms with Crippen LogP contribution in [0.4, 0.5) is 10.1 Å². The van der Waals surface area contributed by atoms with Crippen LogP contribution in [-0.4, -0.2) is 24.6 Å². The predicted octanol–water partition coefficient (Wildman–Crippen LogP) is 3.92. The van der Waals surface area contributed by atoms with Gasteiger partial charge >= 0.3 is 0 Å². The van der Waals surface area contributed by atoms with Gasteiger partial charge in [-0.3, -0.25) is 9.59 Å². The lowest BCUT2D eigenvalue weighted by atomic mass is 10.1. The number of benzene rings is 3. The van der Waals surface area contributed by atoms with E-state index in [1.807, 2.05) is 19.1 Å². The fourth-order valence-corrected chi connectivity index (χ4v) is 2.58. The van der Waals surface area contributed by atoms with Gasteiger partial charge in [0.1, 0.15) is 11.6 Å². The molecular formula is C23H20FN3O3. The number of carbonyl (C=O) groups excluding carboxylic acids is 2. The van der Waals surface area contributed by atoms with Crippen molar-refractivity contribution in [1.29, 1.82) is 0 Å². The van der Waals surface area contributed by atoms with E-state index in [1.165, 1.54) is 30.5 Å². The van der Waals surface area contributed by atoms with Crippen molar-refractivity contribution >= 4 is 23.7 Å². The first kappa shape index (κ1) is 20.7. The van der Waals surface area contributed by atoms with E-state index in [0.29, 0.717) is 17.0 Å². The SMILES string of the molecule is Cc1ccccc1C(=O)N/N=C/c1ccc(OCC(=O)Nc2ccc(F)cc2)cc1. The number of rotatable bonds is 7. The molecule has 3 aromatic carbocycles. The summed E-state index contributed by atoms with van der Waals surface area (Å²) in [5.41, 5.74) is 5.17. The molecule has 3 rings (SSSR count). The Morgan fingerprint density at radius 1 is 1.00 bits per heavy atom. The van der Waals surface area contributed by atoms with Crippen LogP contribution in [0.2, 0.25) is 0 Å². The lowest BCUT2D eigenvalue weighted by Gasteiger charge is -2.07. The zero-order valence-corrected chi connectivity index (χ0v) is 16.3. The van der Waals surface area contributed by atoms with Gasteiger partial charge in [-0.15, -0.1) is 0 Å². The number of ether oxygens (including phenoxy) is 1. The fourth-order valence-electron chi connectivity index (χ4n) is 2.58. The molecule has 0 fully saturated rings. The predicted molar refractivity (Wildman–Crippen MR) is 113 cm³/mol. The highest BCUT2D eigenvalue weighted by Crippen LogP contribution is 2.12. The second kappa shape index (κ2) is 9.97. The molecule has 152 valence electrons. The maximum Gasteiger partial charge on any atom is 0.271 e. The number of aryl methyl sites for hydroxylation is 1. The average Bonchev–Trinajstić information content (AvgIpc) is 2.75. The first-order valence-electron chi connectivity index (χ1n) is 9.18. The third-order valence-corrected chi connectivity index (χ3v) is 4.15. The highest BCUT2D eigenvalue weighted by Gasteiger charge is 2.06. The van der Waals surface area contributed by atoms with E-state index in [0.717, 1.165) is 11.1 Å². The second-order valence-electron chi connectivity index (χ2n) is 6.43. The molecule has 30 heavy (non-hydrogen) atoms. The van der Waals surface area contributed by atoms with Crippen LogP contribution in [0.1, 0.15) is 21.5 Å². The zero-order chi connectivity index (χ0) is 21.3. The Morgan fingerprint density at radius 2 is 1.70 bits per heavy atom. The van der Waals surface area contributed by atoms with Crippen molar-refractivity contribution in [3.8, 4) is 5.75 Å². The summed E-state index contributed by atoms with van der Waals surface area (Å²) in [6.45, 7) is 1.68. The van der Waals surface area contributed by atoms with Gasteiger partial charge in [0.25, 0.3) is 11.8 Å². The molecule has 0 unspecified atom stereocenters. The van der Waals surface area contributed by atoms with Gasteiger partial charge in [0.15, 0.2) is 6.61 Å². The monoisotopic (exact) mass is 405 g/mol. The number of nitrogens with one attached hydrogen (secondary N) is 2. The Labute approximate surface area is 173 Å². The van der Waals surface area contributed by atoms with Crippen LogP contribution in [0.15, 0.2) is 77.9 Å². The van der Waals surface area contributed by atoms with Gasteiger partial charge in [-0.25, -0.2) is 9.82 Å². The molecule has 2 amide bonds. The van der Waals surface area contributed by atoms with Crippen molar-refractivity contribution in [2.45, 2.75) is 6.92 Å². The van der Waals surface area contributed by atoms with Gasteiger partial charge in [-0.1, -0.05) is 18.2 Å². The van der Waals surface area contributed by atoms with E-state index in [4.69, 9.17) is 4.74 Å². The van der Waals surface area contributed by atoms with Crippen molar-refractivity contribution < 1.29 is 18.7 Å². The number of hydrazone groups is 1. The number of hydrogen-bond donors (Lipinski definition) is 2. The molecule has 0 spiro atoms. The molecule has 0 aromatic heterocycles. The maximum atomic E-state index is 12.9. The molecule has 6 nitrogen and oxygen atoms in total. The molecule has 3 aromatic rings. The standard InChI is InChI=1S/C23H20FN3O3/c1-16-4-2-3-5-21(16)23(29)27-25-14-17-6-12-20(13-7-17)30-15-22(28)26-19-10-8-18(24)9-11-19/h2-14H,15H2,1H3,(H,26,28)(H,27,29)/b25-14+. The van der Waals surface area contributed by atoms with Gasteiger partial charge in [-0.05, 0) is 72.6 Å². The van der Waals surface area contributed by atoms with Gasteiger partial charge in [0.2, 0.25) is 0 Å². The minimum absolute atomic E-state index is 0.183. The Balaban J connectivity index is 1.47. The third kappa shape index (κ3) is 6.00. The summed E-state index contributed by atoms with van der Waals surface area (Å²) in [6, 6.07) is 19.6. The summed E-state index contributed by atoms with van der Waals surface area (Å²) < 4.78 is 18.3. The molecule has 0 saturated carbocycles. The molecule has 0 heterocycles. The van der Waals surface area contributed by atoms with E-state index in [1.54, 1.807) is 36.4 Å². The summed E-state index contributed by atoms with van der Waals surface area (Å²) in [5, 5.41) is 6.57. The Hall–Kier alpha value is -4.00. The topological polar surface area (TPSA) is 79.8 Å². The van der Waals surface area contributed by atoms with Crippen LogP contribution < -0.4 is 15.5 Å². The van der Waals surface area contributed by atoms with Gasteiger partial charge in [0, 0.05) is 11.3 Å². The van der Waals surface area contributed by atoms with E-state index in [2.05, 4.69) is 15.8 Å². The minimum atomic E-state index is -0.373. The largest absolute Gasteiger partial charge is 0.484 e. The van der Waals surface area contributed by atoms with Crippen molar-refractivity contribution in [2.24, 2.45) is 5.10 Å². The van der Waals surface area contributed by atoms with Crippen molar-refractivity contribution in [2.75, 3.05) is 11.9 Å². The fraction of sp³-hybridized carbons (Fsp3) is 0.0870. The molecular weight excluding hydrogens is 385 g/mol. The molecule has 7 heteroatoms.